The van der Waals surface area contributed by atoms with E-state index >= 15 is 0 Å². The van der Waals surface area contributed by atoms with Gasteiger partial charge in [-0.1, -0.05) is 39.3 Å². The summed E-state index contributed by atoms with van der Waals surface area (Å²) in [5.74, 6) is -0.644. The quantitative estimate of drug-likeness (QED) is 0.583. The van der Waals surface area contributed by atoms with Crippen molar-refractivity contribution in [3.63, 3.8) is 0 Å². The minimum Gasteiger partial charge on any atom is -0.355 e. The van der Waals surface area contributed by atoms with Crippen molar-refractivity contribution in [1.29, 1.82) is 0 Å². The van der Waals surface area contributed by atoms with Crippen LogP contribution in [-0.4, -0.2) is 62.2 Å². The lowest BCUT2D eigenvalue weighted by Gasteiger charge is -2.23. The van der Waals surface area contributed by atoms with Gasteiger partial charge in [0.15, 0.2) is 0 Å². The minimum absolute atomic E-state index is 0.0613. The summed E-state index contributed by atoms with van der Waals surface area (Å²) in [7, 11) is -3.81. The van der Waals surface area contributed by atoms with Gasteiger partial charge in [0.2, 0.25) is 15.9 Å². The lowest BCUT2D eigenvalue weighted by atomic mass is 10.2. The van der Waals surface area contributed by atoms with Crippen molar-refractivity contribution in [3.8, 4) is 0 Å². The number of rotatable bonds is 11. The second-order valence-corrected chi connectivity index (χ2v) is 8.62. The topological polar surface area (TPSA) is 86.8 Å². The Labute approximate surface area is 173 Å². The number of carbonyl (C=O) groups excluding carboxylic acids is 2. The van der Waals surface area contributed by atoms with Gasteiger partial charge in [0.05, 0.1) is 11.6 Å². The first kappa shape index (κ1) is 24.4. The number of halogens is 1. The molecule has 1 aromatic rings. The molecular weight excluding hydrogens is 402 g/mol. The van der Waals surface area contributed by atoms with Gasteiger partial charge < -0.3 is 10.2 Å². The normalized spacial score (nSPS) is 11.5. The van der Waals surface area contributed by atoms with E-state index in [9.17, 15) is 18.0 Å². The third kappa shape index (κ3) is 6.18. The molecule has 7 nitrogen and oxygen atoms in total. The molecule has 0 aromatic heterocycles. The molecule has 0 bridgehead atoms. The van der Waals surface area contributed by atoms with Crippen LogP contribution in [0.1, 0.15) is 50.9 Å². The predicted molar refractivity (Wildman–Crippen MR) is 111 cm³/mol. The Kier molecular flexibility index (Phi) is 9.92. The summed E-state index contributed by atoms with van der Waals surface area (Å²) in [5.41, 5.74) is 0.187. The minimum atomic E-state index is -3.81. The van der Waals surface area contributed by atoms with Gasteiger partial charge in [-0.05, 0) is 31.0 Å². The Bertz CT molecular complexity index is 779. The van der Waals surface area contributed by atoms with Crippen LogP contribution in [0, 0.1) is 0 Å². The molecule has 0 heterocycles. The number of nitrogens with zero attached hydrogens (tertiary/aromatic N) is 2. The van der Waals surface area contributed by atoms with Crippen molar-refractivity contribution in [2.75, 3.05) is 32.7 Å². The molecule has 0 aliphatic heterocycles. The predicted octanol–water partition coefficient (Wildman–Crippen LogP) is 2.75. The van der Waals surface area contributed by atoms with Crippen molar-refractivity contribution >= 4 is 33.4 Å². The van der Waals surface area contributed by atoms with E-state index in [2.05, 4.69) is 5.32 Å². The second kappa shape index (κ2) is 11.4. The average molecular weight is 432 g/mol. The summed E-state index contributed by atoms with van der Waals surface area (Å²) in [6.45, 7) is 8.78. The molecule has 2 amide bonds. The number of hydrogen-bond acceptors (Lipinski definition) is 4. The molecule has 158 valence electrons. The molecule has 0 spiro atoms. The number of carbonyl (C=O) groups is 2. The first-order valence-electron chi connectivity index (χ1n) is 9.58. The van der Waals surface area contributed by atoms with Crippen LogP contribution >= 0.6 is 11.6 Å². The van der Waals surface area contributed by atoms with Crippen LogP contribution < -0.4 is 5.32 Å². The van der Waals surface area contributed by atoms with Gasteiger partial charge in [-0.3, -0.25) is 9.59 Å². The van der Waals surface area contributed by atoms with Gasteiger partial charge in [0.1, 0.15) is 4.90 Å². The Balaban J connectivity index is 3.20. The number of amides is 2. The molecule has 1 rings (SSSR count). The molecule has 28 heavy (non-hydrogen) atoms. The van der Waals surface area contributed by atoms with E-state index in [0.717, 1.165) is 6.42 Å². The zero-order valence-corrected chi connectivity index (χ0v) is 18.6. The number of nitrogens with one attached hydrogen (secondary N) is 1. The van der Waals surface area contributed by atoms with Gasteiger partial charge in [-0.2, -0.15) is 4.31 Å². The summed E-state index contributed by atoms with van der Waals surface area (Å²) in [6, 6.07) is 4.19. The second-order valence-electron chi connectivity index (χ2n) is 6.31. The highest BCUT2D eigenvalue weighted by Crippen LogP contribution is 2.26. The van der Waals surface area contributed by atoms with Gasteiger partial charge in [0, 0.05) is 31.7 Å². The smallest absolute Gasteiger partial charge is 0.254 e. The van der Waals surface area contributed by atoms with Crippen molar-refractivity contribution in [3.05, 3.63) is 28.8 Å². The lowest BCUT2D eigenvalue weighted by molar-refractivity contribution is -0.121. The summed E-state index contributed by atoms with van der Waals surface area (Å²) in [5, 5.41) is 2.81. The van der Waals surface area contributed by atoms with E-state index in [1.165, 1.54) is 27.4 Å². The Morgan fingerprint density at radius 2 is 1.71 bits per heavy atom. The molecular formula is C19H30ClN3O4S. The first-order chi connectivity index (χ1) is 13.2. The SMILES string of the molecule is CCCNC(=O)CN(CCC)C(=O)c1ccc(Cl)c(S(=O)(=O)N(CC)CC)c1. The van der Waals surface area contributed by atoms with Crippen LogP contribution in [0.4, 0.5) is 0 Å². The molecule has 0 unspecified atom stereocenters. The van der Waals surface area contributed by atoms with E-state index in [-0.39, 0.29) is 27.9 Å². The van der Waals surface area contributed by atoms with Crippen LogP contribution in [0.3, 0.4) is 0 Å². The Morgan fingerprint density at radius 3 is 2.25 bits per heavy atom. The largest absolute Gasteiger partial charge is 0.355 e. The summed E-state index contributed by atoms with van der Waals surface area (Å²) in [6.07, 6.45) is 1.47. The van der Waals surface area contributed by atoms with Crippen molar-refractivity contribution in [2.24, 2.45) is 0 Å². The Morgan fingerprint density at radius 1 is 1.07 bits per heavy atom. The maximum atomic E-state index is 12.9. The zero-order valence-electron chi connectivity index (χ0n) is 17.0. The van der Waals surface area contributed by atoms with E-state index < -0.39 is 15.9 Å². The third-order valence-corrected chi connectivity index (χ3v) is 6.72. The van der Waals surface area contributed by atoms with Crippen LogP contribution in [-0.2, 0) is 14.8 Å². The maximum Gasteiger partial charge on any atom is 0.254 e. The summed E-state index contributed by atoms with van der Waals surface area (Å²) in [4.78, 5) is 26.3. The number of sulfonamides is 1. The molecule has 0 aliphatic carbocycles. The fourth-order valence-corrected chi connectivity index (χ4v) is 4.69. The Hall–Kier alpha value is -1.64. The monoisotopic (exact) mass is 431 g/mol. The molecule has 1 aromatic carbocycles. The highest BCUT2D eigenvalue weighted by atomic mass is 35.5. The lowest BCUT2D eigenvalue weighted by Crippen LogP contribution is -2.41. The van der Waals surface area contributed by atoms with Crippen LogP contribution in [0.5, 0.6) is 0 Å². The maximum absolute atomic E-state index is 12.9. The van der Waals surface area contributed by atoms with Gasteiger partial charge in [-0.15, -0.1) is 0 Å². The van der Waals surface area contributed by atoms with Crippen molar-refractivity contribution < 1.29 is 18.0 Å². The van der Waals surface area contributed by atoms with E-state index in [0.29, 0.717) is 32.6 Å². The standard InChI is InChI=1S/C19H30ClN3O4S/c1-5-11-21-18(24)14-22(12-6-2)19(25)15-9-10-16(20)17(13-15)28(26,27)23(7-3)8-4/h9-10,13H,5-8,11-12,14H2,1-4H3,(H,21,24). The number of benzene rings is 1. The molecule has 0 atom stereocenters. The molecule has 0 fully saturated rings. The van der Waals surface area contributed by atoms with Crippen molar-refractivity contribution in [1.82, 2.24) is 14.5 Å². The fraction of sp³-hybridized carbons (Fsp3) is 0.579. The van der Waals surface area contributed by atoms with Crippen molar-refractivity contribution in [2.45, 2.75) is 45.4 Å². The van der Waals surface area contributed by atoms with E-state index in [4.69, 9.17) is 11.6 Å². The van der Waals surface area contributed by atoms with Gasteiger partial charge in [-0.25, -0.2) is 8.42 Å². The molecule has 1 N–H and O–H groups in total. The first-order valence-corrected chi connectivity index (χ1v) is 11.4. The zero-order chi connectivity index (χ0) is 21.3. The fourth-order valence-electron chi connectivity index (χ4n) is 2.74. The van der Waals surface area contributed by atoms with E-state index in [1.54, 1.807) is 13.8 Å². The molecule has 0 saturated carbocycles. The average Bonchev–Trinajstić information content (AvgIpc) is 2.66. The summed E-state index contributed by atoms with van der Waals surface area (Å²) >= 11 is 6.13. The summed E-state index contributed by atoms with van der Waals surface area (Å²) < 4.78 is 27.0. The highest BCUT2D eigenvalue weighted by molar-refractivity contribution is 7.89. The van der Waals surface area contributed by atoms with Crippen LogP contribution in [0.15, 0.2) is 23.1 Å². The molecule has 0 aliphatic rings. The molecule has 9 heteroatoms. The van der Waals surface area contributed by atoms with Gasteiger partial charge >= 0.3 is 0 Å². The van der Waals surface area contributed by atoms with Crippen LogP contribution in [0.2, 0.25) is 5.02 Å². The van der Waals surface area contributed by atoms with Crippen LogP contribution in [0.25, 0.3) is 0 Å². The molecule has 0 radical (unpaired) electrons. The highest BCUT2D eigenvalue weighted by Gasteiger charge is 2.27. The molecule has 0 saturated heterocycles. The third-order valence-electron chi connectivity index (χ3n) is 4.19. The van der Waals surface area contributed by atoms with Gasteiger partial charge in [0.25, 0.3) is 5.91 Å². The van der Waals surface area contributed by atoms with E-state index in [1.807, 2.05) is 13.8 Å². The number of hydrogen-bond donors (Lipinski definition) is 1.